The molecule has 1 nitrogen and oxygen atoms in total. The van der Waals surface area contributed by atoms with Crippen LogP contribution in [0.1, 0.15) is 42.6 Å². The molecule has 1 heteroatoms. The lowest BCUT2D eigenvalue weighted by molar-refractivity contribution is 0.0972. The summed E-state index contributed by atoms with van der Waals surface area (Å²) < 4.78 is 0. The molecule has 0 N–H and O–H groups in total. The summed E-state index contributed by atoms with van der Waals surface area (Å²) in [7, 11) is 0. The first kappa shape index (κ1) is 15.5. The molecule has 0 saturated carbocycles. The van der Waals surface area contributed by atoms with Crippen molar-refractivity contribution in [3.63, 3.8) is 0 Å². The Morgan fingerprint density at radius 2 is 1.48 bits per heavy atom. The zero-order valence-electron chi connectivity index (χ0n) is 13.8. The van der Waals surface area contributed by atoms with Crippen molar-refractivity contribution in [1.82, 2.24) is 0 Å². The van der Waals surface area contributed by atoms with Gasteiger partial charge in [-0.2, -0.15) is 0 Å². The van der Waals surface area contributed by atoms with E-state index in [2.05, 4.69) is 56.3 Å². The SMILES string of the molecule is CC(C)(CCC(=O)c1ccccc1)c1cccc2ccccc12. The van der Waals surface area contributed by atoms with Crippen molar-refractivity contribution in [1.29, 1.82) is 0 Å². The van der Waals surface area contributed by atoms with Crippen molar-refractivity contribution in [3.8, 4) is 0 Å². The van der Waals surface area contributed by atoms with Crippen molar-refractivity contribution in [2.75, 3.05) is 0 Å². The molecule has 0 atom stereocenters. The number of hydrogen-bond acceptors (Lipinski definition) is 1. The van der Waals surface area contributed by atoms with E-state index in [-0.39, 0.29) is 11.2 Å². The Morgan fingerprint density at radius 1 is 0.826 bits per heavy atom. The highest BCUT2D eigenvalue weighted by Gasteiger charge is 2.23. The highest BCUT2D eigenvalue weighted by Crippen LogP contribution is 2.34. The van der Waals surface area contributed by atoms with Gasteiger partial charge < -0.3 is 0 Å². The third kappa shape index (κ3) is 3.34. The number of rotatable bonds is 5. The minimum atomic E-state index is -0.0364. The van der Waals surface area contributed by atoms with Crippen LogP contribution in [-0.2, 0) is 5.41 Å². The van der Waals surface area contributed by atoms with Gasteiger partial charge in [0.2, 0.25) is 0 Å². The van der Waals surface area contributed by atoms with Crippen LogP contribution in [0.15, 0.2) is 72.8 Å². The Hall–Kier alpha value is -2.41. The quantitative estimate of drug-likeness (QED) is 0.546. The monoisotopic (exact) mass is 302 g/mol. The predicted molar refractivity (Wildman–Crippen MR) is 97.0 cm³/mol. The van der Waals surface area contributed by atoms with Gasteiger partial charge in [-0.05, 0) is 28.2 Å². The first-order valence-corrected chi connectivity index (χ1v) is 8.14. The molecule has 0 aliphatic heterocycles. The van der Waals surface area contributed by atoms with Crippen LogP contribution in [0.25, 0.3) is 10.8 Å². The van der Waals surface area contributed by atoms with Gasteiger partial charge >= 0.3 is 0 Å². The Bertz CT molecular complexity index is 810. The van der Waals surface area contributed by atoms with Crippen LogP contribution in [0.5, 0.6) is 0 Å². The fourth-order valence-corrected chi connectivity index (χ4v) is 3.14. The molecular weight excluding hydrogens is 280 g/mol. The van der Waals surface area contributed by atoms with E-state index in [4.69, 9.17) is 0 Å². The number of carbonyl (C=O) groups excluding carboxylic acids is 1. The third-order valence-electron chi connectivity index (χ3n) is 4.59. The third-order valence-corrected chi connectivity index (χ3v) is 4.59. The molecule has 3 aromatic rings. The lowest BCUT2D eigenvalue weighted by atomic mass is 9.77. The van der Waals surface area contributed by atoms with E-state index in [9.17, 15) is 4.79 Å². The minimum Gasteiger partial charge on any atom is -0.294 e. The molecule has 0 unspecified atom stereocenters. The van der Waals surface area contributed by atoms with E-state index in [0.717, 1.165) is 12.0 Å². The molecule has 0 spiro atoms. The van der Waals surface area contributed by atoms with Gasteiger partial charge in [0, 0.05) is 12.0 Å². The summed E-state index contributed by atoms with van der Waals surface area (Å²) in [5, 5.41) is 2.54. The van der Waals surface area contributed by atoms with Crippen molar-refractivity contribution >= 4 is 16.6 Å². The van der Waals surface area contributed by atoms with Crippen LogP contribution in [-0.4, -0.2) is 5.78 Å². The molecule has 0 aromatic heterocycles. The smallest absolute Gasteiger partial charge is 0.162 e. The average molecular weight is 302 g/mol. The summed E-state index contributed by atoms with van der Waals surface area (Å²) >= 11 is 0. The largest absolute Gasteiger partial charge is 0.294 e. The van der Waals surface area contributed by atoms with Gasteiger partial charge in [-0.15, -0.1) is 0 Å². The maximum absolute atomic E-state index is 12.4. The van der Waals surface area contributed by atoms with Gasteiger partial charge in [-0.25, -0.2) is 0 Å². The van der Waals surface area contributed by atoms with E-state index in [1.165, 1.54) is 16.3 Å². The molecule has 23 heavy (non-hydrogen) atoms. The van der Waals surface area contributed by atoms with Crippen LogP contribution in [0.2, 0.25) is 0 Å². The lowest BCUT2D eigenvalue weighted by Crippen LogP contribution is -2.19. The molecule has 0 fully saturated rings. The van der Waals surface area contributed by atoms with Crippen LogP contribution < -0.4 is 0 Å². The summed E-state index contributed by atoms with van der Waals surface area (Å²) in [6.07, 6.45) is 1.41. The molecule has 116 valence electrons. The molecule has 0 heterocycles. The Labute approximate surface area is 138 Å². The molecule has 0 aliphatic rings. The van der Waals surface area contributed by atoms with Gasteiger partial charge in [0.15, 0.2) is 5.78 Å². The zero-order valence-corrected chi connectivity index (χ0v) is 13.8. The van der Waals surface area contributed by atoms with E-state index >= 15 is 0 Å². The second-order valence-electron chi connectivity index (χ2n) is 6.70. The fraction of sp³-hybridized carbons (Fsp3) is 0.227. The lowest BCUT2D eigenvalue weighted by Gasteiger charge is -2.26. The van der Waals surface area contributed by atoms with Crippen molar-refractivity contribution < 1.29 is 4.79 Å². The normalized spacial score (nSPS) is 11.6. The highest BCUT2D eigenvalue weighted by atomic mass is 16.1. The first-order chi connectivity index (χ1) is 11.1. The number of benzene rings is 3. The number of fused-ring (bicyclic) bond motifs is 1. The van der Waals surface area contributed by atoms with Gasteiger partial charge in [0.25, 0.3) is 0 Å². The highest BCUT2D eigenvalue weighted by molar-refractivity contribution is 5.96. The average Bonchev–Trinajstić information content (AvgIpc) is 2.60. The van der Waals surface area contributed by atoms with E-state index in [1.807, 2.05) is 30.3 Å². The fourth-order valence-electron chi connectivity index (χ4n) is 3.14. The van der Waals surface area contributed by atoms with Crippen LogP contribution >= 0.6 is 0 Å². The van der Waals surface area contributed by atoms with Crippen LogP contribution in [0, 0.1) is 0 Å². The molecule has 3 aromatic carbocycles. The standard InChI is InChI=1S/C22H22O/c1-22(2,16-15-21(23)18-10-4-3-5-11-18)20-14-8-12-17-9-6-7-13-19(17)20/h3-14H,15-16H2,1-2H3. The number of ketones is 1. The number of hydrogen-bond donors (Lipinski definition) is 0. The molecule has 0 amide bonds. The molecule has 3 rings (SSSR count). The van der Waals surface area contributed by atoms with Crippen molar-refractivity contribution in [3.05, 3.63) is 83.9 Å². The summed E-state index contributed by atoms with van der Waals surface area (Å²) in [6.45, 7) is 4.46. The van der Waals surface area contributed by atoms with Crippen molar-refractivity contribution in [2.45, 2.75) is 32.1 Å². The summed E-state index contributed by atoms with van der Waals surface area (Å²) in [6, 6.07) is 24.5. The first-order valence-electron chi connectivity index (χ1n) is 8.14. The van der Waals surface area contributed by atoms with Gasteiger partial charge in [0.05, 0.1) is 0 Å². The number of Topliss-reactive ketones (excluding diaryl/α,β-unsaturated/α-hetero) is 1. The van der Waals surface area contributed by atoms with Gasteiger partial charge in [-0.1, -0.05) is 86.6 Å². The summed E-state index contributed by atoms with van der Waals surface area (Å²) in [5.74, 6) is 0.221. The van der Waals surface area contributed by atoms with Crippen LogP contribution in [0.4, 0.5) is 0 Å². The maximum atomic E-state index is 12.4. The Balaban J connectivity index is 1.82. The van der Waals surface area contributed by atoms with E-state index in [1.54, 1.807) is 0 Å². The Morgan fingerprint density at radius 3 is 2.26 bits per heavy atom. The topological polar surface area (TPSA) is 17.1 Å². The van der Waals surface area contributed by atoms with Gasteiger partial charge in [-0.3, -0.25) is 4.79 Å². The second kappa shape index (κ2) is 6.37. The molecule has 0 radical (unpaired) electrons. The Kier molecular flexibility index (Phi) is 4.29. The zero-order chi connectivity index (χ0) is 16.3. The molecule has 0 aliphatic carbocycles. The molecule has 0 bridgehead atoms. The summed E-state index contributed by atoms with van der Waals surface area (Å²) in [5.41, 5.74) is 2.09. The second-order valence-corrected chi connectivity index (χ2v) is 6.70. The number of carbonyl (C=O) groups is 1. The maximum Gasteiger partial charge on any atom is 0.162 e. The van der Waals surface area contributed by atoms with Crippen molar-refractivity contribution in [2.24, 2.45) is 0 Å². The molecular formula is C22H22O. The van der Waals surface area contributed by atoms with E-state index < -0.39 is 0 Å². The predicted octanol–water partition coefficient (Wildman–Crippen LogP) is 5.78. The molecule has 0 saturated heterocycles. The van der Waals surface area contributed by atoms with Gasteiger partial charge in [0.1, 0.15) is 0 Å². The van der Waals surface area contributed by atoms with Crippen LogP contribution in [0.3, 0.4) is 0 Å². The minimum absolute atomic E-state index is 0.0364. The summed E-state index contributed by atoms with van der Waals surface area (Å²) in [4.78, 5) is 12.4. The van der Waals surface area contributed by atoms with E-state index in [0.29, 0.717) is 6.42 Å².